The molecular weight excluding hydrogens is 644 g/mol. The van der Waals surface area contributed by atoms with E-state index in [-0.39, 0.29) is 19.5 Å². The Labute approximate surface area is 262 Å². The Morgan fingerprint density at radius 1 is 0.341 bits per heavy atom. The summed E-state index contributed by atoms with van der Waals surface area (Å²) >= 11 is 0. The van der Waals surface area contributed by atoms with E-state index in [2.05, 4.69) is 104 Å². The van der Waals surface area contributed by atoms with Gasteiger partial charge in [0.1, 0.15) is 0 Å². The van der Waals surface area contributed by atoms with Crippen molar-refractivity contribution in [3.05, 3.63) is 88.8 Å². The molecule has 3 fully saturated rings. The van der Waals surface area contributed by atoms with Gasteiger partial charge in [-0.3, -0.25) is 0 Å². The molecule has 0 aromatic heterocycles. The molecule has 0 unspecified atom stereocenters. The first-order valence-corrected chi connectivity index (χ1v) is 15.0. The van der Waals surface area contributed by atoms with Crippen molar-refractivity contribution in [3.63, 3.8) is 0 Å². The van der Waals surface area contributed by atoms with Gasteiger partial charge in [0.25, 0.3) is 0 Å². The molecule has 0 amide bonds. The Balaban J connectivity index is -0.000000455. The van der Waals surface area contributed by atoms with Gasteiger partial charge in [-0.05, 0) is 88.8 Å². The van der Waals surface area contributed by atoms with Gasteiger partial charge in [0, 0.05) is 6.92 Å². The van der Waals surface area contributed by atoms with Gasteiger partial charge in [0.2, 0.25) is 0 Å². The summed E-state index contributed by atoms with van der Waals surface area (Å²) in [4.78, 5) is 0. The molecule has 0 heterocycles. The third-order valence-electron chi connectivity index (χ3n) is 8.44. The van der Waals surface area contributed by atoms with Crippen LogP contribution in [0.2, 0.25) is 0 Å². The number of nitrogens with zero attached hydrogens (tertiary/aromatic N) is 1. The van der Waals surface area contributed by atoms with Crippen molar-refractivity contribution in [2.45, 2.75) is 111 Å². The molecule has 0 saturated heterocycles. The van der Waals surface area contributed by atoms with E-state index in [0.29, 0.717) is 0 Å². The largest absolute Gasteiger partial charge is 2.00 e. The average Bonchev–Trinajstić information content (AvgIpc) is 3.18. The molecule has 15 radical (unpaired) electrons. The van der Waals surface area contributed by atoms with Crippen LogP contribution in [0, 0.1) is 100 Å². The van der Waals surface area contributed by atoms with Crippen LogP contribution < -0.4 is 0 Å². The van der Waals surface area contributed by atoms with Crippen molar-refractivity contribution in [1.82, 2.24) is 0 Å². The first-order chi connectivity index (χ1) is 17.5. The van der Waals surface area contributed by atoms with Crippen molar-refractivity contribution in [3.8, 4) is 6.07 Å². The molecule has 9 heteroatoms. The van der Waals surface area contributed by atoms with Gasteiger partial charge < -0.3 is 0 Å². The minimum Gasteiger partial charge on any atom is 2.00 e. The first kappa shape index (κ1) is 45.6. The van der Waals surface area contributed by atoms with E-state index in [4.69, 9.17) is 5.26 Å². The van der Waals surface area contributed by atoms with Crippen LogP contribution >= 0.6 is 7.81 Å². The van der Waals surface area contributed by atoms with Crippen LogP contribution in [-0.2, 0) is 19.5 Å². The maximum absolute atomic E-state index is 10.7. The summed E-state index contributed by atoms with van der Waals surface area (Å²) < 4.78 is 59.2. The third kappa shape index (κ3) is 16.1. The smallest absolute Gasteiger partial charge is 2.00 e. The van der Waals surface area contributed by atoms with Crippen molar-refractivity contribution in [2.75, 3.05) is 0 Å². The third-order valence-corrected chi connectivity index (χ3v) is 8.44. The van der Waals surface area contributed by atoms with Gasteiger partial charge in [-0.1, -0.05) is 104 Å². The molecule has 235 valence electrons. The fraction of sp³-hybridized carbons (Fsp3) is 0.500. The van der Waals surface area contributed by atoms with Gasteiger partial charge in [-0.15, -0.1) is 0 Å². The summed E-state index contributed by atoms with van der Waals surface area (Å²) in [6.45, 7) is 34.4. The van der Waals surface area contributed by atoms with Gasteiger partial charge in [0.05, 0.1) is 6.07 Å². The van der Waals surface area contributed by atoms with Gasteiger partial charge in [-0.25, -0.2) is 0 Å². The molecule has 0 spiro atoms. The minimum absolute atomic E-state index is 0. The Kier molecular flexibility index (Phi) is 18.3. The monoisotopic (exact) mass is 693 g/mol. The Hall–Kier alpha value is 0.123. The second-order valence-corrected chi connectivity index (χ2v) is 12.5. The van der Waals surface area contributed by atoms with E-state index in [0.717, 1.165) is 0 Å². The Morgan fingerprint density at radius 2 is 0.366 bits per heavy atom. The summed E-state index contributed by atoms with van der Waals surface area (Å²) in [5.74, 6) is 22.0. The summed E-state index contributed by atoms with van der Waals surface area (Å²) in [5, 5.41) is 7.32. The van der Waals surface area contributed by atoms with Gasteiger partial charge in [-0.2, -0.15) is 5.26 Å². The molecule has 0 atom stereocenters. The van der Waals surface area contributed by atoms with Crippen LogP contribution in [0.4, 0.5) is 25.2 Å². The van der Waals surface area contributed by atoms with E-state index in [1.165, 1.54) is 95.7 Å². The van der Waals surface area contributed by atoms with Gasteiger partial charge >= 0.3 is 52.5 Å². The maximum Gasteiger partial charge on any atom is 2.00 e. The molecule has 0 bridgehead atoms. The summed E-state index contributed by atoms with van der Waals surface area (Å²) in [6, 6.07) is 1.75. The zero-order chi connectivity index (χ0) is 32.8. The second-order valence-electron chi connectivity index (χ2n) is 10.6. The summed E-state index contributed by atoms with van der Waals surface area (Å²) in [5.41, 5.74) is 0. The number of rotatable bonds is 0. The average molecular weight is 693 g/mol. The number of halogens is 6. The van der Waals surface area contributed by atoms with Crippen LogP contribution in [0.3, 0.4) is 0 Å². The maximum atomic E-state index is 9.87. The Morgan fingerprint density at radius 3 is 0.390 bits per heavy atom. The van der Waals surface area contributed by atoms with Crippen molar-refractivity contribution in [2.24, 2.45) is 0 Å². The summed E-state index contributed by atoms with van der Waals surface area (Å²) in [6.07, 6.45) is 0. The topological polar surface area (TPSA) is 23.8 Å². The molecular formula is C32H48F6NPRu+. The fourth-order valence-corrected chi connectivity index (χ4v) is 4.22. The molecule has 3 aliphatic carbocycles. The van der Waals surface area contributed by atoms with Crippen molar-refractivity contribution < 1.29 is 44.7 Å². The zero-order valence-electron chi connectivity index (χ0n) is 27.5. The fourth-order valence-electron chi connectivity index (χ4n) is 4.22. The molecule has 0 aliphatic heterocycles. The van der Waals surface area contributed by atoms with Crippen LogP contribution in [-0.4, -0.2) is 0 Å². The van der Waals surface area contributed by atoms with E-state index in [1.807, 2.05) is 0 Å². The van der Waals surface area contributed by atoms with Crippen molar-refractivity contribution >= 4 is 7.81 Å². The first-order valence-electron chi connectivity index (χ1n) is 13.0. The number of hydrogen-bond donors (Lipinski definition) is 0. The number of hydrogen-bond acceptors (Lipinski definition) is 1. The van der Waals surface area contributed by atoms with E-state index in [1.54, 1.807) is 6.07 Å². The van der Waals surface area contributed by atoms with E-state index >= 15 is 0 Å². The predicted octanol–water partition coefficient (Wildman–Crippen LogP) is 12.8. The molecule has 1 nitrogen and oxygen atoms in total. The normalized spacial score (nSPS) is 25.0. The SMILES string of the molecule is CC#N.C[C]1[C](C)[C](C)[C](C)[C]1C.C[C]1[C](C)[C](C)[C](C)[C]1C.C[C]1[C](C)[C](C)[C](C)[C]1C.F[P-](F)(F)(F)(F)F.[Ru+2]. The molecule has 3 saturated carbocycles. The quantitative estimate of drug-likeness (QED) is 0.141. The van der Waals surface area contributed by atoms with Crippen LogP contribution in [0.15, 0.2) is 0 Å². The molecule has 0 aromatic carbocycles. The van der Waals surface area contributed by atoms with Crippen LogP contribution in [0.25, 0.3) is 0 Å². The summed E-state index contributed by atoms with van der Waals surface area (Å²) in [7, 11) is -10.7. The minimum atomic E-state index is -10.7. The standard InChI is InChI=1S/3C10H15.C2H3N.F6P.Ru/c3*1-6-7(2)9(4)10(5)8(6)3;1-2-3;1-7(2,3,4,5)6;/h3*1-5H3;1H3;;/q;;;;-1;+2. The molecule has 3 rings (SSSR count). The van der Waals surface area contributed by atoms with E-state index in [9.17, 15) is 25.2 Å². The van der Waals surface area contributed by atoms with Crippen LogP contribution in [0.5, 0.6) is 0 Å². The Bertz CT molecular complexity index is 568. The molecule has 0 N–H and O–H groups in total. The second kappa shape index (κ2) is 16.4. The van der Waals surface area contributed by atoms with Gasteiger partial charge in [0.15, 0.2) is 0 Å². The predicted molar refractivity (Wildman–Crippen MR) is 159 cm³/mol. The molecule has 3 aliphatic rings. The van der Waals surface area contributed by atoms with E-state index < -0.39 is 7.81 Å². The van der Waals surface area contributed by atoms with Crippen LogP contribution in [0.1, 0.15) is 111 Å². The zero-order valence-corrected chi connectivity index (χ0v) is 30.1. The van der Waals surface area contributed by atoms with Crippen molar-refractivity contribution in [1.29, 1.82) is 5.26 Å². The molecule has 41 heavy (non-hydrogen) atoms. The number of nitriles is 1. The molecule has 0 aromatic rings.